The number of hydrogen-bond acceptors (Lipinski definition) is 15. The molecule has 13 N–H and O–H groups in total. The first-order valence-corrected chi connectivity index (χ1v) is 21.6. The van der Waals surface area contributed by atoms with Gasteiger partial charge in [0.05, 0.1) is 31.7 Å². The maximum Gasteiger partial charge on any atom is 0.326 e. The quantitative estimate of drug-likeness (QED) is 0.0335. The van der Waals surface area contributed by atoms with Crippen molar-refractivity contribution in [2.45, 2.75) is 132 Å². The van der Waals surface area contributed by atoms with E-state index in [1.807, 2.05) is 0 Å². The van der Waals surface area contributed by atoms with Gasteiger partial charge in [-0.1, -0.05) is 0 Å². The van der Waals surface area contributed by atoms with Crippen LogP contribution in [0, 0.1) is 0 Å². The van der Waals surface area contributed by atoms with Gasteiger partial charge in [-0.3, -0.25) is 57.6 Å². The van der Waals surface area contributed by atoms with Crippen LogP contribution in [0.3, 0.4) is 0 Å². The van der Waals surface area contributed by atoms with E-state index >= 15 is 0 Å². The highest BCUT2D eigenvalue weighted by atomic mass is 16.4. The fraction of sp³-hybridized carbons (Fsp3) is 0.692. The topological polar surface area (TPSA) is 391 Å². The van der Waals surface area contributed by atoms with Gasteiger partial charge in [0.1, 0.15) is 42.8 Å². The van der Waals surface area contributed by atoms with Gasteiger partial charge in [-0.15, -0.1) is 0 Å². The zero-order valence-corrected chi connectivity index (χ0v) is 36.3. The molecule has 0 aromatic heterocycles. The van der Waals surface area contributed by atoms with Crippen LogP contribution in [-0.2, 0) is 57.5 Å². The van der Waals surface area contributed by atoms with Crippen molar-refractivity contribution in [1.82, 2.24) is 51.9 Å². The Balaban J connectivity index is 1.25. The van der Waals surface area contributed by atoms with Crippen molar-refractivity contribution in [2.24, 2.45) is 11.5 Å². The zero-order valence-electron chi connectivity index (χ0n) is 36.3. The summed E-state index contributed by atoms with van der Waals surface area (Å²) in [5.74, 6) is -9.66. The van der Waals surface area contributed by atoms with Crippen LogP contribution >= 0.6 is 0 Å². The number of carbonyl (C=O) groups excluding carboxylic acids is 11. The first-order chi connectivity index (χ1) is 30.7. The molecule has 9 atom stereocenters. The van der Waals surface area contributed by atoms with Crippen molar-refractivity contribution < 1.29 is 67.7 Å². The number of nitrogens with zero attached hydrogens (tertiary/aromatic N) is 3. The largest absolute Gasteiger partial charge is 0.480 e. The standard InChI is InChI=1S/C39H60N12O14/c1-19-12-25(38(63)51(19)20(2)33(58)44-17-32(57)49-11-5-7-27(49)36(61)47-23(39(64)65)6-3-4-10-40)46-30(55)18-50-31(56)14-26(37(50)62)48-35(60)22(8-9-28(41)53)45-29(54)16-43-34(59)24-13-21(52)15-42-24/h19-27,42,52H,3-18,40H2,1-2H3,(H2,41,53)(H,43,59)(H,44,58)(H,45,54)(H,46,55)(H,47,61)(H,48,60)(H,64,65)/t19?,20-,21+,22-,23-,24-,25-,26-,27-/m0/s1. The second kappa shape index (κ2) is 23.6. The Kier molecular flexibility index (Phi) is 18.6. The molecule has 4 aliphatic rings. The zero-order chi connectivity index (χ0) is 48.1. The first kappa shape index (κ1) is 51.4. The summed E-state index contributed by atoms with van der Waals surface area (Å²) in [5.41, 5.74) is 10.7. The first-order valence-electron chi connectivity index (χ1n) is 21.6. The van der Waals surface area contributed by atoms with Gasteiger partial charge in [-0.2, -0.15) is 0 Å². The van der Waals surface area contributed by atoms with Crippen molar-refractivity contribution >= 4 is 70.9 Å². The molecule has 65 heavy (non-hydrogen) atoms. The molecule has 0 spiro atoms. The van der Waals surface area contributed by atoms with E-state index < -0.39 is 151 Å². The molecule has 0 aromatic rings. The average Bonchev–Trinajstić information content (AvgIpc) is 4.04. The van der Waals surface area contributed by atoms with Crippen LogP contribution in [0.15, 0.2) is 0 Å². The van der Waals surface area contributed by atoms with E-state index in [1.165, 1.54) is 16.7 Å². The molecule has 4 saturated heterocycles. The Labute approximate surface area is 373 Å². The minimum Gasteiger partial charge on any atom is -0.480 e. The minimum atomic E-state index is -1.46. The van der Waals surface area contributed by atoms with E-state index in [4.69, 9.17) is 11.5 Å². The molecule has 360 valence electrons. The lowest BCUT2D eigenvalue weighted by Crippen LogP contribution is -2.54. The highest BCUT2D eigenvalue weighted by Crippen LogP contribution is 2.23. The number of amides is 11. The van der Waals surface area contributed by atoms with Crippen LogP contribution in [0.5, 0.6) is 0 Å². The number of imide groups is 1. The number of primary amides is 1. The summed E-state index contributed by atoms with van der Waals surface area (Å²) >= 11 is 0. The summed E-state index contributed by atoms with van der Waals surface area (Å²) < 4.78 is 0. The lowest BCUT2D eigenvalue weighted by Gasteiger charge is -2.29. The highest BCUT2D eigenvalue weighted by Gasteiger charge is 2.45. The summed E-state index contributed by atoms with van der Waals surface area (Å²) in [6.07, 6.45) is 0.230. The number of rotatable bonds is 23. The smallest absolute Gasteiger partial charge is 0.326 e. The number of carboxylic acids is 1. The number of likely N-dealkylation sites (tertiary alicyclic amines) is 3. The number of aliphatic carboxylic acids is 1. The van der Waals surface area contributed by atoms with E-state index in [-0.39, 0.29) is 45.2 Å². The molecule has 4 aliphatic heterocycles. The predicted molar refractivity (Wildman–Crippen MR) is 222 cm³/mol. The maximum absolute atomic E-state index is 13.5. The summed E-state index contributed by atoms with van der Waals surface area (Å²) in [5, 5.41) is 36.5. The number of aliphatic hydroxyl groups is 1. The van der Waals surface area contributed by atoms with Gasteiger partial charge in [-0.25, -0.2) is 4.79 Å². The number of carbonyl (C=O) groups is 12. The third kappa shape index (κ3) is 14.1. The molecule has 4 fully saturated rings. The fourth-order valence-electron chi connectivity index (χ4n) is 8.17. The molecule has 0 radical (unpaired) electrons. The van der Waals surface area contributed by atoms with E-state index in [0.717, 1.165) is 0 Å². The van der Waals surface area contributed by atoms with Crippen molar-refractivity contribution in [3.8, 4) is 0 Å². The van der Waals surface area contributed by atoms with Gasteiger partial charge in [0.15, 0.2) is 0 Å². The average molecular weight is 921 g/mol. The van der Waals surface area contributed by atoms with Gasteiger partial charge in [0, 0.05) is 25.6 Å². The number of nitrogens with two attached hydrogens (primary N) is 2. The van der Waals surface area contributed by atoms with E-state index in [2.05, 4.69) is 37.2 Å². The molecule has 11 amide bonds. The molecule has 26 heteroatoms. The molecule has 26 nitrogen and oxygen atoms in total. The molecule has 0 aliphatic carbocycles. The van der Waals surface area contributed by atoms with E-state index in [9.17, 15) is 67.7 Å². The van der Waals surface area contributed by atoms with Crippen LogP contribution in [0.4, 0.5) is 0 Å². The lowest BCUT2D eigenvalue weighted by atomic mass is 10.1. The van der Waals surface area contributed by atoms with Gasteiger partial charge in [0.2, 0.25) is 59.1 Å². The second-order valence-electron chi connectivity index (χ2n) is 16.5. The Bertz CT molecular complexity index is 1880. The summed E-state index contributed by atoms with van der Waals surface area (Å²) in [6, 6.07) is -8.58. The summed E-state index contributed by atoms with van der Waals surface area (Å²) in [7, 11) is 0. The van der Waals surface area contributed by atoms with Crippen LogP contribution < -0.4 is 48.7 Å². The second-order valence-corrected chi connectivity index (χ2v) is 16.5. The maximum atomic E-state index is 13.5. The summed E-state index contributed by atoms with van der Waals surface area (Å²) in [4.78, 5) is 156. The van der Waals surface area contributed by atoms with Gasteiger partial charge >= 0.3 is 5.97 Å². The molecular weight excluding hydrogens is 860 g/mol. The van der Waals surface area contributed by atoms with Crippen molar-refractivity contribution in [1.29, 1.82) is 0 Å². The molecule has 0 saturated carbocycles. The monoisotopic (exact) mass is 920 g/mol. The van der Waals surface area contributed by atoms with Crippen LogP contribution in [-0.4, -0.2) is 190 Å². The number of nitrogens with one attached hydrogen (secondary N) is 7. The number of aliphatic hydroxyl groups excluding tert-OH is 1. The Morgan fingerprint density at radius 1 is 0.846 bits per heavy atom. The van der Waals surface area contributed by atoms with Crippen molar-refractivity contribution in [2.75, 3.05) is 39.3 Å². The lowest BCUT2D eigenvalue weighted by molar-refractivity contribution is -0.144. The Morgan fingerprint density at radius 3 is 2.22 bits per heavy atom. The van der Waals surface area contributed by atoms with E-state index in [0.29, 0.717) is 37.1 Å². The molecular formula is C39H60N12O14. The van der Waals surface area contributed by atoms with Crippen molar-refractivity contribution in [3.05, 3.63) is 0 Å². The SMILES string of the molecule is CC1C[C@H](NC(=O)CN2C(=O)C[C@H](NC(=O)[C@H](CCC(N)=O)NC(=O)CNC(=O)[C@@H]3C[C@@H](O)CN3)C2=O)C(=O)N1[C@@H](C)C(=O)NCC(=O)N1CCC[C@H]1C(=O)N[C@@H](CCCCN)C(=O)O. The number of carboxylic acid groups (broad SMARTS) is 1. The molecule has 1 unspecified atom stereocenters. The van der Waals surface area contributed by atoms with E-state index in [1.54, 1.807) is 6.92 Å². The summed E-state index contributed by atoms with van der Waals surface area (Å²) in [6.45, 7) is 1.90. The number of unbranched alkanes of at least 4 members (excludes halogenated alkanes) is 1. The normalized spacial score (nSPS) is 24.2. The molecule has 0 aromatic carbocycles. The van der Waals surface area contributed by atoms with Gasteiger partial charge < -0.3 is 68.7 Å². The minimum absolute atomic E-state index is 0.0402. The number of hydrogen-bond donors (Lipinski definition) is 11. The third-order valence-corrected chi connectivity index (χ3v) is 11.6. The van der Waals surface area contributed by atoms with Crippen LogP contribution in [0.25, 0.3) is 0 Å². The van der Waals surface area contributed by atoms with Crippen LogP contribution in [0.2, 0.25) is 0 Å². The number of β-amino-alcohol motifs (C(OH)–C–C–N with tert-alkyl or cyclic N) is 1. The molecule has 4 heterocycles. The highest BCUT2D eigenvalue weighted by molar-refractivity contribution is 6.09. The fourth-order valence-corrected chi connectivity index (χ4v) is 8.17. The molecule has 0 bridgehead atoms. The third-order valence-electron chi connectivity index (χ3n) is 11.6. The van der Waals surface area contributed by atoms with Crippen LogP contribution in [0.1, 0.15) is 78.1 Å². The van der Waals surface area contributed by atoms with Gasteiger partial charge in [0.25, 0.3) is 5.91 Å². The Morgan fingerprint density at radius 2 is 1.57 bits per heavy atom. The molecule has 4 rings (SSSR count). The van der Waals surface area contributed by atoms with Gasteiger partial charge in [-0.05, 0) is 71.8 Å². The van der Waals surface area contributed by atoms with Crippen molar-refractivity contribution in [3.63, 3.8) is 0 Å². The Hall–Kier alpha value is -6.28. The predicted octanol–water partition coefficient (Wildman–Crippen LogP) is -6.88.